The van der Waals surface area contributed by atoms with E-state index in [9.17, 15) is 0 Å². The van der Waals surface area contributed by atoms with Crippen LogP contribution in [-0.4, -0.2) is 34.0 Å². The Labute approximate surface area is 216 Å². The van der Waals surface area contributed by atoms with Crippen molar-refractivity contribution in [1.29, 1.82) is 5.26 Å². The summed E-state index contributed by atoms with van der Waals surface area (Å²) in [6, 6.07) is 6.93. The number of fused-ring (bicyclic) bond motifs is 2. The number of nitrogens with zero attached hydrogens (tertiary/aromatic N) is 4. The Bertz CT molecular complexity index is 852. The van der Waals surface area contributed by atoms with Crippen LogP contribution in [0.4, 0.5) is 0 Å². The van der Waals surface area contributed by atoms with Crippen LogP contribution in [-0.2, 0) is 38.5 Å². The SMILES string of the molecule is CC.CC.CC#N.CCc1ccnc2c1CC(N1CCC1)CC2.CCc1ccnc2c1CCCC2. The maximum atomic E-state index is 7.32. The number of pyridine rings is 2. The molecule has 0 radical (unpaired) electrons. The second kappa shape index (κ2) is 18.1. The van der Waals surface area contributed by atoms with Gasteiger partial charge in [0.2, 0.25) is 0 Å². The fourth-order valence-electron chi connectivity index (χ4n) is 5.06. The van der Waals surface area contributed by atoms with E-state index in [0.29, 0.717) is 0 Å². The third-order valence-electron chi connectivity index (χ3n) is 6.90. The van der Waals surface area contributed by atoms with Gasteiger partial charge in [-0.3, -0.25) is 14.9 Å². The molecule has 1 unspecified atom stereocenters. The summed E-state index contributed by atoms with van der Waals surface area (Å²) in [7, 11) is 0. The quantitative estimate of drug-likeness (QED) is 0.464. The largest absolute Gasteiger partial charge is 0.300 e. The van der Waals surface area contributed by atoms with E-state index in [2.05, 4.69) is 40.8 Å². The van der Waals surface area contributed by atoms with Gasteiger partial charge in [-0.15, -0.1) is 0 Å². The van der Waals surface area contributed by atoms with E-state index < -0.39 is 0 Å². The first-order valence-electron chi connectivity index (χ1n) is 14.2. The van der Waals surface area contributed by atoms with Gasteiger partial charge in [-0.25, -0.2) is 0 Å². The number of rotatable bonds is 3. The summed E-state index contributed by atoms with van der Waals surface area (Å²) in [5, 5.41) is 7.32. The Morgan fingerprint density at radius 3 is 1.86 bits per heavy atom. The van der Waals surface area contributed by atoms with Gasteiger partial charge in [-0.05, 0) is 112 Å². The van der Waals surface area contributed by atoms with E-state index in [1.54, 1.807) is 17.2 Å². The predicted molar refractivity (Wildman–Crippen MR) is 150 cm³/mol. The van der Waals surface area contributed by atoms with Gasteiger partial charge in [-0.2, -0.15) is 5.26 Å². The fourth-order valence-corrected chi connectivity index (χ4v) is 5.06. The summed E-state index contributed by atoms with van der Waals surface area (Å²) in [5.41, 5.74) is 8.88. The highest BCUT2D eigenvalue weighted by Crippen LogP contribution is 2.28. The molecule has 0 spiro atoms. The molecule has 5 rings (SSSR count). The van der Waals surface area contributed by atoms with E-state index in [4.69, 9.17) is 5.26 Å². The van der Waals surface area contributed by atoms with Gasteiger partial charge in [0.15, 0.2) is 0 Å². The van der Waals surface area contributed by atoms with Gasteiger partial charge in [0.25, 0.3) is 0 Å². The average Bonchev–Trinajstić information content (AvgIpc) is 2.90. The standard InChI is InChI=1S/C14H20N2.C11H15N.C2H3N.2C2H6/c1-2-11-6-7-15-14-5-4-12(10-13(11)14)16-8-3-9-16;1-2-9-7-8-12-11-6-4-3-5-10(9)11;1-2-3;2*1-2/h6-7,12H,2-5,8-10H2,1H3;7-8H,2-6H2,1H3;1H3;2*1-2H3. The summed E-state index contributed by atoms with van der Waals surface area (Å²) in [4.78, 5) is 11.6. The molecule has 0 saturated carbocycles. The lowest BCUT2D eigenvalue weighted by Crippen LogP contribution is -2.47. The molecule has 0 bridgehead atoms. The molecule has 1 atom stereocenters. The van der Waals surface area contributed by atoms with Crippen LogP contribution < -0.4 is 0 Å². The Morgan fingerprint density at radius 1 is 0.829 bits per heavy atom. The highest BCUT2D eigenvalue weighted by Gasteiger charge is 2.28. The van der Waals surface area contributed by atoms with E-state index >= 15 is 0 Å². The molecule has 3 heterocycles. The van der Waals surface area contributed by atoms with Gasteiger partial charge in [-0.1, -0.05) is 41.5 Å². The first-order chi connectivity index (χ1) is 17.2. The van der Waals surface area contributed by atoms with Crippen molar-refractivity contribution in [2.45, 2.75) is 119 Å². The molecule has 4 nitrogen and oxygen atoms in total. The maximum absolute atomic E-state index is 7.32. The Balaban J connectivity index is 0.000000286. The minimum atomic E-state index is 0.802. The summed E-state index contributed by atoms with van der Waals surface area (Å²) in [6.45, 7) is 16.6. The van der Waals surface area contributed by atoms with Crippen LogP contribution in [0.2, 0.25) is 0 Å². The van der Waals surface area contributed by atoms with Crippen molar-refractivity contribution >= 4 is 0 Å². The molecule has 2 aliphatic carbocycles. The van der Waals surface area contributed by atoms with Crippen molar-refractivity contribution in [3.05, 3.63) is 58.2 Å². The molecule has 2 aromatic heterocycles. The number of hydrogen-bond donors (Lipinski definition) is 0. The van der Waals surface area contributed by atoms with Crippen molar-refractivity contribution < 1.29 is 0 Å². The molecule has 35 heavy (non-hydrogen) atoms. The minimum Gasteiger partial charge on any atom is -0.300 e. The van der Waals surface area contributed by atoms with Gasteiger partial charge in [0.1, 0.15) is 0 Å². The molecule has 0 N–H and O–H groups in total. The second-order valence-electron chi connectivity index (χ2n) is 8.71. The zero-order chi connectivity index (χ0) is 26.1. The van der Waals surface area contributed by atoms with Crippen LogP contribution in [0, 0.1) is 11.3 Å². The second-order valence-corrected chi connectivity index (χ2v) is 8.71. The molecule has 0 aromatic carbocycles. The summed E-state index contributed by atoms with van der Waals surface area (Å²) in [5.74, 6) is 0. The zero-order valence-corrected chi connectivity index (χ0v) is 23.7. The normalized spacial score (nSPS) is 17.4. The third kappa shape index (κ3) is 9.04. The van der Waals surface area contributed by atoms with Crippen molar-refractivity contribution in [2.24, 2.45) is 0 Å². The Morgan fingerprint density at radius 2 is 1.34 bits per heavy atom. The lowest BCUT2D eigenvalue weighted by Gasteiger charge is -2.41. The van der Waals surface area contributed by atoms with Crippen LogP contribution in [0.3, 0.4) is 0 Å². The lowest BCUT2D eigenvalue weighted by molar-refractivity contribution is 0.107. The van der Waals surface area contributed by atoms with Gasteiger partial charge < -0.3 is 0 Å². The smallest absolute Gasteiger partial charge is 0.0587 e. The third-order valence-corrected chi connectivity index (χ3v) is 6.90. The predicted octanol–water partition coefficient (Wildman–Crippen LogP) is 7.31. The van der Waals surface area contributed by atoms with Crippen molar-refractivity contribution in [3.8, 4) is 6.07 Å². The van der Waals surface area contributed by atoms with Gasteiger partial charge >= 0.3 is 0 Å². The summed E-state index contributed by atoms with van der Waals surface area (Å²) in [6.07, 6.45) is 16.5. The zero-order valence-electron chi connectivity index (χ0n) is 23.7. The number of nitriles is 1. The van der Waals surface area contributed by atoms with Crippen molar-refractivity contribution in [2.75, 3.05) is 13.1 Å². The summed E-state index contributed by atoms with van der Waals surface area (Å²) < 4.78 is 0. The van der Waals surface area contributed by atoms with Crippen LogP contribution in [0.1, 0.15) is 108 Å². The molecule has 194 valence electrons. The highest BCUT2D eigenvalue weighted by atomic mass is 15.2. The summed E-state index contributed by atoms with van der Waals surface area (Å²) >= 11 is 0. The maximum Gasteiger partial charge on any atom is 0.0587 e. The lowest BCUT2D eigenvalue weighted by atomic mass is 9.86. The highest BCUT2D eigenvalue weighted by molar-refractivity contribution is 5.33. The number of hydrogen-bond acceptors (Lipinski definition) is 4. The van der Waals surface area contributed by atoms with Gasteiger partial charge in [0.05, 0.1) is 6.07 Å². The number of aryl methyl sites for hydroxylation is 4. The molecular weight excluding hydrogens is 428 g/mol. The molecule has 0 amide bonds. The Kier molecular flexibility index (Phi) is 15.9. The molecule has 1 aliphatic heterocycles. The first kappa shape index (κ1) is 30.8. The number of likely N-dealkylation sites (tertiary alicyclic amines) is 1. The van der Waals surface area contributed by atoms with Crippen LogP contribution >= 0.6 is 0 Å². The van der Waals surface area contributed by atoms with Crippen LogP contribution in [0.15, 0.2) is 24.5 Å². The molecule has 4 heteroatoms. The molecule has 1 saturated heterocycles. The molecule has 3 aliphatic rings. The molecular formula is C31H50N4. The fraction of sp³-hybridized carbons (Fsp3) is 0.645. The topological polar surface area (TPSA) is 52.8 Å². The van der Waals surface area contributed by atoms with Crippen LogP contribution in [0.25, 0.3) is 0 Å². The average molecular weight is 479 g/mol. The van der Waals surface area contributed by atoms with Crippen molar-refractivity contribution in [1.82, 2.24) is 14.9 Å². The Hall–Kier alpha value is -2.25. The van der Waals surface area contributed by atoms with E-state index in [0.717, 1.165) is 18.9 Å². The van der Waals surface area contributed by atoms with Crippen molar-refractivity contribution in [3.63, 3.8) is 0 Å². The van der Waals surface area contributed by atoms with E-state index in [-0.39, 0.29) is 0 Å². The first-order valence-corrected chi connectivity index (χ1v) is 14.2. The number of aromatic nitrogens is 2. The minimum absolute atomic E-state index is 0.802. The van der Waals surface area contributed by atoms with E-state index in [1.165, 1.54) is 93.9 Å². The molecule has 1 fully saturated rings. The monoisotopic (exact) mass is 478 g/mol. The van der Waals surface area contributed by atoms with Crippen LogP contribution in [0.5, 0.6) is 0 Å². The molecule has 2 aromatic rings. The van der Waals surface area contributed by atoms with Gasteiger partial charge in [0, 0.05) is 36.7 Å². The van der Waals surface area contributed by atoms with E-state index in [1.807, 2.05) is 40.1 Å².